The minimum atomic E-state index is -4.03. The first-order chi connectivity index (χ1) is 21.0. The van der Waals surface area contributed by atoms with Crippen LogP contribution in [0.15, 0.2) is 71.9 Å². The molecule has 0 atom stereocenters. The van der Waals surface area contributed by atoms with E-state index < -0.39 is 39.8 Å². The summed E-state index contributed by atoms with van der Waals surface area (Å²) in [6.07, 6.45) is 2.01. The zero-order valence-electron chi connectivity index (χ0n) is 26.4. The van der Waals surface area contributed by atoms with E-state index in [0.29, 0.717) is 11.4 Å². The van der Waals surface area contributed by atoms with Crippen LogP contribution < -0.4 is 9.64 Å². The van der Waals surface area contributed by atoms with Gasteiger partial charge in [-0.3, -0.25) is 14.7 Å². The van der Waals surface area contributed by atoms with Gasteiger partial charge in [0.15, 0.2) is 0 Å². The summed E-state index contributed by atoms with van der Waals surface area (Å²) in [5.74, 6) is 0.167. The first-order valence-corrected chi connectivity index (χ1v) is 16.4. The Morgan fingerprint density at radius 2 is 1.64 bits per heavy atom. The molecule has 3 aromatic heterocycles. The number of ether oxygens (including phenoxy) is 3. The fourth-order valence-corrected chi connectivity index (χ4v) is 6.81. The van der Waals surface area contributed by atoms with E-state index in [1.165, 1.54) is 34.1 Å². The highest BCUT2D eigenvalue weighted by atomic mass is 32.2. The largest absolute Gasteiger partial charge is 0.497 e. The number of benzene rings is 1. The molecule has 3 heterocycles. The third-order valence-electron chi connectivity index (χ3n) is 6.11. The number of hydrogen-bond acceptors (Lipinski definition) is 10. The topological polar surface area (TPSA) is 128 Å². The number of hydrogen-bond donors (Lipinski definition) is 0. The molecular formula is C32H38N4O7S2. The van der Waals surface area contributed by atoms with Crippen LogP contribution in [0.1, 0.15) is 52.1 Å². The molecule has 0 N–H and O–H groups in total. The van der Waals surface area contributed by atoms with E-state index >= 15 is 0 Å². The van der Waals surface area contributed by atoms with Gasteiger partial charge in [-0.15, -0.1) is 11.3 Å². The number of amides is 1. The Labute approximate surface area is 267 Å². The zero-order chi connectivity index (χ0) is 33.0. The number of rotatable bonds is 10. The number of fused-ring (bicyclic) bond motifs is 1. The molecule has 13 heteroatoms. The summed E-state index contributed by atoms with van der Waals surface area (Å²) in [5, 5.41) is 0.963. The number of esters is 1. The quantitative estimate of drug-likeness (QED) is 0.184. The van der Waals surface area contributed by atoms with E-state index in [1.807, 2.05) is 24.3 Å². The number of thiophene rings is 1. The lowest BCUT2D eigenvalue weighted by Gasteiger charge is -2.28. The molecule has 4 rings (SSSR count). The van der Waals surface area contributed by atoms with Gasteiger partial charge in [0.05, 0.1) is 19.3 Å². The molecule has 0 aliphatic heterocycles. The Morgan fingerprint density at radius 1 is 0.911 bits per heavy atom. The molecule has 0 unspecified atom stereocenters. The first kappa shape index (κ1) is 33.8. The fraction of sp³-hybridized carbons (Fsp3) is 0.375. The molecule has 4 aromatic rings. The van der Waals surface area contributed by atoms with E-state index in [9.17, 15) is 18.0 Å². The summed E-state index contributed by atoms with van der Waals surface area (Å²) in [5.41, 5.74) is -1.27. The maximum absolute atomic E-state index is 13.9. The number of methoxy groups -OCH3 is 1. The average Bonchev–Trinajstić information content (AvgIpc) is 3.36. The monoisotopic (exact) mass is 654 g/mol. The number of aromatic nitrogens is 2. The van der Waals surface area contributed by atoms with Crippen molar-refractivity contribution in [3.8, 4) is 5.75 Å². The van der Waals surface area contributed by atoms with Crippen LogP contribution >= 0.6 is 11.3 Å². The summed E-state index contributed by atoms with van der Waals surface area (Å²) in [6, 6.07) is 15.5. The van der Waals surface area contributed by atoms with Gasteiger partial charge in [0.2, 0.25) is 10.0 Å². The van der Waals surface area contributed by atoms with Crippen molar-refractivity contribution in [1.29, 1.82) is 0 Å². The van der Waals surface area contributed by atoms with Crippen LogP contribution in [0.3, 0.4) is 0 Å². The highest BCUT2D eigenvalue weighted by Gasteiger charge is 2.30. The third kappa shape index (κ3) is 9.22. The summed E-state index contributed by atoms with van der Waals surface area (Å²) >= 11 is 1.46. The van der Waals surface area contributed by atoms with Gasteiger partial charge >= 0.3 is 12.1 Å². The number of carbonyl (C=O) groups excluding carboxylic acids is 2. The van der Waals surface area contributed by atoms with E-state index in [4.69, 9.17) is 14.2 Å². The van der Waals surface area contributed by atoms with Gasteiger partial charge in [-0.2, -0.15) is 4.31 Å². The molecule has 45 heavy (non-hydrogen) atoms. The highest BCUT2D eigenvalue weighted by Crippen LogP contribution is 2.31. The van der Waals surface area contributed by atoms with Gasteiger partial charge in [0, 0.05) is 28.5 Å². The Kier molecular flexibility index (Phi) is 10.2. The van der Waals surface area contributed by atoms with Crippen molar-refractivity contribution in [2.24, 2.45) is 0 Å². The van der Waals surface area contributed by atoms with Crippen LogP contribution in [0.5, 0.6) is 5.75 Å². The predicted molar refractivity (Wildman–Crippen MR) is 173 cm³/mol. The summed E-state index contributed by atoms with van der Waals surface area (Å²) in [6.45, 7) is 9.80. The predicted octanol–water partition coefficient (Wildman–Crippen LogP) is 6.17. The van der Waals surface area contributed by atoms with Gasteiger partial charge in [-0.25, -0.2) is 18.2 Å². The van der Waals surface area contributed by atoms with Crippen LogP contribution in [0.25, 0.3) is 10.1 Å². The van der Waals surface area contributed by atoms with Crippen molar-refractivity contribution in [2.45, 2.75) is 70.7 Å². The third-order valence-corrected chi connectivity index (χ3v) is 8.97. The smallest absolute Gasteiger partial charge is 0.416 e. The van der Waals surface area contributed by atoms with Crippen LogP contribution in [0.2, 0.25) is 0 Å². The minimum absolute atomic E-state index is 0.0317. The Bertz CT molecular complexity index is 1760. The molecule has 0 saturated heterocycles. The Morgan fingerprint density at radius 3 is 2.29 bits per heavy atom. The van der Waals surface area contributed by atoms with E-state index in [0.717, 1.165) is 19.9 Å². The van der Waals surface area contributed by atoms with Crippen LogP contribution in [0.4, 0.5) is 10.6 Å². The average molecular weight is 655 g/mol. The van der Waals surface area contributed by atoms with E-state index in [2.05, 4.69) is 9.97 Å². The number of nitrogens with zero attached hydrogens (tertiary/aromatic N) is 4. The molecule has 1 amide bonds. The standard InChI is InChI=1S/C32H38N4O7S2/c1-31(2,3)42-29(37)21-36(30(38)43-32(4,5)6)28-12-8-10-23(34-28)19-35(45(39,40)26-11-9-15-33-18-26)20-25-16-22-13-14-24(41-7)17-27(22)44-25/h8-18H,19-21H2,1-7H3. The maximum atomic E-state index is 13.9. The van der Waals surface area contributed by atoms with Crippen molar-refractivity contribution in [3.05, 3.63) is 77.6 Å². The number of carbonyl (C=O) groups is 2. The fourth-order valence-electron chi connectivity index (χ4n) is 4.26. The Balaban J connectivity index is 1.70. The molecule has 11 nitrogen and oxygen atoms in total. The molecular weight excluding hydrogens is 617 g/mol. The summed E-state index contributed by atoms with van der Waals surface area (Å²) in [4.78, 5) is 36.6. The molecule has 0 bridgehead atoms. The van der Waals surface area contributed by atoms with Crippen molar-refractivity contribution in [1.82, 2.24) is 14.3 Å². The number of pyridine rings is 2. The zero-order valence-corrected chi connectivity index (χ0v) is 28.1. The van der Waals surface area contributed by atoms with Crippen molar-refractivity contribution in [2.75, 3.05) is 18.6 Å². The lowest BCUT2D eigenvalue weighted by atomic mass is 10.2. The maximum Gasteiger partial charge on any atom is 0.416 e. The number of anilines is 1. The Hall–Kier alpha value is -4.07. The molecule has 1 aromatic carbocycles. The van der Waals surface area contributed by atoms with Crippen molar-refractivity contribution < 1.29 is 32.2 Å². The molecule has 0 aliphatic carbocycles. The lowest BCUT2D eigenvalue weighted by Crippen LogP contribution is -2.42. The van der Waals surface area contributed by atoms with Crippen LogP contribution in [-0.2, 0) is 37.4 Å². The van der Waals surface area contributed by atoms with Gasteiger partial charge in [0.1, 0.15) is 34.2 Å². The van der Waals surface area contributed by atoms with Crippen molar-refractivity contribution >= 4 is 49.3 Å². The summed E-state index contributed by atoms with van der Waals surface area (Å²) < 4.78 is 46.5. The van der Waals surface area contributed by atoms with Crippen molar-refractivity contribution in [3.63, 3.8) is 0 Å². The molecule has 0 radical (unpaired) electrons. The highest BCUT2D eigenvalue weighted by molar-refractivity contribution is 7.89. The molecule has 0 spiro atoms. The second-order valence-electron chi connectivity index (χ2n) is 12.2. The second-order valence-corrected chi connectivity index (χ2v) is 15.3. The van der Waals surface area contributed by atoms with Gasteiger partial charge in [-0.1, -0.05) is 6.07 Å². The van der Waals surface area contributed by atoms with E-state index in [-0.39, 0.29) is 23.8 Å². The second kappa shape index (κ2) is 13.5. The lowest BCUT2D eigenvalue weighted by molar-refractivity contribution is -0.153. The van der Waals surface area contributed by atoms with Crippen LogP contribution in [0, 0.1) is 0 Å². The molecule has 0 aliphatic rings. The van der Waals surface area contributed by atoms with Gasteiger partial charge in [0.25, 0.3) is 0 Å². The molecule has 240 valence electrons. The minimum Gasteiger partial charge on any atom is -0.497 e. The normalized spacial score (nSPS) is 12.3. The van der Waals surface area contributed by atoms with E-state index in [1.54, 1.807) is 72.9 Å². The van der Waals surface area contributed by atoms with Crippen LogP contribution in [-0.4, -0.2) is 59.6 Å². The summed E-state index contributed by atoms with van der Waals surface area (Å²) in [7, 11) is -2.43. The molecule has 0 saturated carbocycles. The molecule has 0 fully saturated rings. The van der Waals surface area contributed by atoms with Gasteiger partial charge in [-0.05, 0) is 95.5 Å². The first-order valence-electron chi connectivity index (χ1n) is 14.2. The SMILES string of the molecule is COc1ccc2cc(CN(Cc3cccc(N(CC(=O)OC(C)(C)C)C(=O)OC(C)(C)C)n3)S(=O)(=O)c3cccnc3)sc2c1. The van der Waals surface area contributed by atoms with Gasteiger partial charge < -0.3 is 14.2 Å². The number of sulfonamides is 1.